The first-order chi connectivity index (χ1) is 7.93. The van der Waals surface area contributed by atoms with Crippen LogP contribution in [0.2, 0.25) is 0 Å². The summed E-state index contributed by atoms with van der Waals surface area (Å²) in [4.78, 5) is 15.2. The van der Waals surface area contributed by atoms with Crippen LogP contribution in [0.5, 0.6) is 0 Å². The molecule has 0 aliphatic rings. The number of carbonyl (C=O) groups excluding carboxylic acids is 1. The predicted molar refractivity (Wildman–Crippen MR) is 73.0 cm³/mol. The Kier molecular flexibility index (Phi) is 4.33. The fraction of sp³-hybridized carbons (Fsp3) is 0.200. The van der Waals surface area contributed by atoms with Gasteiger partial charge in [0, 0.05) is 17.2 Å². The van der Waals surface area contributed by atoms with Crippen molar-refractivity contribution in [1.29, 1.82) is 0 Å². The number of benzene rings is 1. The predicted octanol–water partition coefficient (Wildman–Crippen LogP) is 1.41. The minimum Gasteiger partial charge on any atom is -0.399 e. The van der Waals surface area contributed by atoms with Crippen LogP contribution in [0.1, 0.15) is 5.56 Å². The molecule has 92 valence electrons. The Morgan fingerprint density at radius 3 is 2.65 bits per heavy atom. The summed E-state index contributed by atoms with van der Waals surface area (Å²) < 4.78 is 0.706. The Labute approximate surface area is 108 Å². The first-order valence-corrected chi connectivity index (χ1v) is 5.59. The molecule has 0 aliphatic carbocycles. The second-order valence-electron chi connectivity index (χ2n) is 3.38. The third-order valence-electron chi connectivity index (χ3n) is 2.03. The molecule has 6 N–H and O–H groups in total. The van der Waals surface area contributed by atoms with Gasteiger partial charge < -0.3 is 16.8 Å². The van der Waals surface area contributed by atoms with Crippen LogP contribution in [0.15, 0.2) is 21.6 Å². The number of aryl methyl sites for hydroxylation is 1. The number of carbonyl (C=O) groups is 1. The Morgan fingerprint density at radius 2 is 2.12 bits per heavy atom. The van der Waals surface area contributed by atoms with E-state index in [2.05, 4.69) is 31.6 Å². The van der Waals surface area contributed by atoms with Gasteiger partial charge in [-0.25, -0.2) is 4.79 Å². The highest BCUT2D eigenvalue weighted by Crippen LogP contribution is 2.28. The Balaban J connectivity index is 2.85. The zero-order valence-corrected chi connectivity index (χ0v) is 11.1. The summed E-state index contributed by atoms with van der Waals surface area (Å²) in [5.41, 5.74) is 13.1. The van der Waals surface area contributed by atoms with E-state index in [9.17, 15) is 4.79 Å². The molecule has 17 heavy (non-hydrogen) atoms. The molecular formula is C10H14BrN5O. The minimum atomic E-state index is -0.457. The molecular weight excluding hydrogens is 286 g/mol. The van der Waals surface area contributed by atoms with Crippen molar-refractivity contribution < 1.29 is 4.79 Å². The Bertz CT molecular complexity index is 449. The van der Waals surface area contributed by atoms with Crippen molar-refractivity contribution >= 4 is 39.3 Å². The number of rotatable bonds is 1. The molecule has 1 aromatic rings. The third-order valence-corrected chi connectivity index (χ3v) is 2.66. The van der Waals surface area contributed by atoms with Crippen molar-refractivity contribution in [2.24, 2.45) is 10.7 Å². The molecule has 0 spiro atoms. The van der Waals surface area contributed by atoms with Gasteiger partial charge in [0.05, 0.1) is 5.69 Å². The molecule has 0 saturated carbocycles. The highest BCUT2D eigenvalue weighted by atomic mass is 79.9. The number of halogens is 1. The SMILES string of the molecule is CN=C(N)NC(=O)Nc1c(C)cc(N)cc1Br. The first kappa shape index (κ1) is 13.3. The number of urea groups is 1. The van der Waals surface area contributed by atoms with Crippen LogP contribution in [0.3, 0.4) is 0 Å². The number of nitrogens with one attached hydrogen (secondary N) is 2. The second kappa shape index (κ2) is 5.53. The maximum atomic E-state index is 11.5. The average Bonchev–Trinajstić information content (AvgIpc) is 2.23. The topological polar surface area (TPSA) is 106 Å². The zero-order chi connectivity index (χ0) is 13.0. The lowest BCUT2D eigenvalue weighted by molar-refractivity contribution is 0.256. The van der Waals surface area contributed by atoms with Crippen LogP contribution >= 0.6 is 15.9 Å². The van der Waals surface area contributed by atoms with Gasteiger partial charge in [0.15, 0.2) is 5.96 Å². The van der Waals surface area contributed by atoms with E-state index in [1.54, 1.807) is 12.1 Å². The van der Waals surface area contributed by atoms with Crippen LogP contribution in [-0.4, -0.2) is 19.0 Å². The van der Waals surface area contributed by atoms with E-state index in [-0.39, 0.29) is 5.96 Å². The van der Waals surface area contributed by atoms with Crippen LogP contribution in [0.25, 0.3) is 0 Å². The van der Waals surface area contributed by atoms with E-state index in [0.29, 0.717) is 15.8 Å². The fourth-order valence-corrected chi connectivity index (χ4v) is 1.92. The number of nitrogens with two attached hydrogens (primary N) is 2. The minimum absolute atomic E-state index is 0.0479. The first-order valence-electron chi connectivity index (χ1n) is 4.80. The van der Waals surface area contributed by atoms with Crippen LogP contribution in [0.4, 0.5) is 16.2 Å². The highest BCUT2D eigenvalue weighted by molar-refractivity contribution is 9.10. The van der Waals surface area contributed by atoms with Crippen LogP contribution in [-0.2, 0) is 0 Å². The van der Waals surface area contributed by atoms with Crippen molar-refractivity contribution in [2.45, 2.75) is 6.92 Å². The van der Waals surface area contributed by atoms with E-state index in [1.165, 1.54) is 7.05 Å². The molecule has 0 aliphatic heterocycles. The van der Waals surface area contributed by atoms with Crippen LogP contribution in [0, 0.1) is 6.92 Å². The number of nitrogen functional groups attached to an aromatic ring is 1. The fourth-order valence-electron chi connectivity index (χ4n) is 1.25. The molecule has 1 rings (SSSR count). The summed E-state index contributed by atoms with van der Waals surface area (Å²) in [6.45, 7) is 1.84. The molecule has 0 bridgehead atoms. The maximum absolute atomic E-state index is 11.5. The number of amides is 2. The molecule has 0 heterocycles. The van der Waals surface area contributed by atoms with Crippen molar-refractivity contribution in [3.05, 3.63) is 22.2 Å². The molecule has 0 radical (unpaired) electrons. The van der Waals surface area contributed by atoms with Crippen molar-refractivity contribution in [3.63, 3.8) is 0 Å². The van der Waals surface area contributed by atoms with Gasteiger partial charge >= 0.3 is 6.03 Å². The summed E-state index contributed by atoms with van der Waals surface area (Å²) in [5, 5.41) is 5.03. The molecule has 7 heteroatoms. The highest BCUT2D eigenvalue weighted by Gasteiger charge is 2.09. The smallest absolute Gasteiger partial charge is 0.326 e. The van der Waals surface area contributed by atoms with Gasteiger partial charge in [0.25, 0.3) is 0 Å². The van der Waals surface area contributed by atoms with Crippen molar-refractivity contribution in [1.82, 2.24) is 5.32 Å². The lowest BCUT2D eigenvalue weighted by Crippen LogP contribution is -2.39. The van der Waals surface area contributed by atoms with Gasteiger partial charge in [-0.15, -0.1) is 0 Å². The standard InChI is InChI=1S/C10H14BrN5O/c1-5-3-6(12)4-7(11)8(5)15-10(17)16-9(13)14-2/h3-4H,12H2,1-2H3,(H4,13,14,15,16,17). The van der Waals surface area contributed by atoms with Gasteiger partial charge in [-0.1, -0.05) is 0 Å². The zero-order valence-electron chi connectivity index (χ0n) is 9.54. The molecule has 0 aromatic heterocycles. The summed E-state index contributed by atoms with van der Waals surface area (Å²) in [7, 11) is 1.49. The molecule has 1 aromatic carbocycles. The van der Waals surface area contributed by atoms with E-state index < -0.39 is 6.03 Å². The maximum Gasteiger partial charge on any atom is 0.326 e. The molecule has 0 unspecified atom stereocenters. The number of aliphatic imine (C=N–C) groups is 1. The normalized spacial score (nSPS) is 11.1. The summed E-state index contributed by atoms with van der Waals surface area (Å²) in [6.07, 6.45) is 0. The van der Waals surface area contributed by atoms with E-state index in [4.69, 9.17) is 11.5 Å². The number of nitrogens with zero attached hydrogens (tertiary/aromatic N) is 1. The summed E-state index contributed by atoms with van der Waals surface area (Å²) >= 11 is 3.33. The van der Waals surface area contributed by atoms with E-state index >= 15 is 0 Å². The van der Waals surface area contributed by atoms with Crippen LogP contribution < -0.4 is 22.1 Å². The summed E-state index contributed by atoms with van der Waals surface area (Å²) in [6, 6.07) is 3.01. The van der Waals surface area contributed by atoms with Crippen molar-refractivity contribution in [3.8, 4) is 0 Å². The largest absolute Gasteiger partial charge is 0.399 e. The molecule has 2 amide bonds. The monoisotopic (exact) mass is 299 g/mol. The quantitative estimate of drug-likeness (QED) is 0.358. The number of hydrogen-bond acceptors (Lipinski definition) is 3. The number of hydrogen-bond donors (Lipinski definition) is 4. The molecule has 6 nitrogen and oxygen atoms in total. The summed E-state index contributed by atoms with van der Waals surface area (Å²) in [5.74, 6) is 0.0479. The molecule has 0 fully saturated rings. The lowest BCUT2D eigenvalue weighted by atomic mass is 10.2. The van der Waals surface area contributed by atoms with Gasteiger partial charge in [0.1, 0.15) is 0 Å². The van der Waals surface area contributed by atoms with E-state index in [0.717, 1.165) is 5.56 Å². The molecule has 0 saturated heterocycles. The number of guanidine groups is 1. The van der Waals surface area contributed by atoms with Gasteiger partial charge in [-0.2, -0.15) is 0 Å². The molecule has 0 atom stereocenters. The Hall–Kier alpha value is -1.76. The average molecular weight is 300 g/mol. The third kappa shape index (κ3) is 3.63. The Morgan fingerprint density at radius 1 is 1.47 bits per heavy atom. The van der Waals surface area contributed by atoms with E-state index in [1.807, 2.05) is 6.92 Å². The lowest BCUT2D eigenvalue weighted by Gasteiger charge is -2.12. The van der Waals surface area contributed by atoms with Crippen molar-refractivity contribution in [2.75, 3.05) is 18.1 Å². The second-order valence-corrected chi connectivity index (χ2v) is 4.24. The van der Waals surface area contributed by atoms with Gasteiger partial charge in [-0.3, -0.25) is 10.3 Å². The van der Waals surface area contributed by atoms with Gasteiger partial charge in [-0.05, 0) is 40.5 Å². The number of anilines is 2. The van der Waals surface area contributed by atoms with Gasteiger partial charge in [0.2, 0.25) is 0 Å².